The number of aromatic nitrogens is 4. The molecule has 0 fully saturated rings. The number of anilines is 3. The van der Waals surface area contributed by atoms with Crippen molar-refractivity contribution in [2.75, 3.05) is 17.9 Å². The largest absolute Gasteiger partial charge is 0.380 e. The van der Waals surface area contributed by atoms with Gasteiger partial charge in [-0.2, -0.15) is 15.1 Å². The summed E-state index contributed by atoms with van der Waals surface area (Å²) in [6, 6.07) is 7.84. The van der Waals surface area contributed by atoms with Crippen LogP contribution in [0.1, 0.15) is 5.56 Å². The van der Waals surface area contributed by atoms with E-state index < -0.39 is 0 Å². The number of nitrogen functional groups attached to an aromatic ring is 1. The first kappa shape index (κ1) is 13.3. The van der Waals surface area contributed by atoms with E-state index >= 15 is 0 Å². The van der Waals surface area contributed by atoms with E-state index in [4.69, 9.17) is 10.6 Å². The summed E-state index contributed by atoms with van der Waals surface area (Å²) in [5, 5.41) is 10.8. The Labute approximate surface area is 120 Å². The molecule has 0 unspecified atom stereocenters. The molecule has 0 aliphatic rings. The first-order valence-corrected chi connectivity index (χ1v) is 6.33. The van der Waals surface area contributed by atoms with Gasteiger partial charge in [0.15, 0.2) is 5.65 Å². The molecule has 0 atom stereocenters. The zero-order valence-corrected chi connectivity index (χ0v) is 11.4. The number of nitrogens with two attached hydrogens (primary N) is 1. The highest BCUT2D eigenvalue weighted by Gasteiger charge is 2.10. The first-order valence-electron chi connectivity index (χ1n) is 6.33. The Morgan fingerprint density at radius 3 is 2.95 bits per heavy atom. The minimum atomic E-state index is 0.304. The number of fused-ring (bicyclic) bond motifs is 1. The number of aromatic amines is 1. The summed E-state index contributed by atoms with van der Waals surface area (Å²) in [6.45, 7) is 0.505. The van der Waals surface area contributed by atoms with E-state index in [-0.39, 0.29) is 0 Å². The lowest BCUT2D eigenvalue weighted by atomic mass is 10.2. The fourth-order valence-electron chi connectivity index (χ4n) is 2.05. The highest BCUT2D eigenvalue weighted by atomic mass is 16.5. The molecule has 0 bridgehead atoms. The van der Waals surface area contributed by atoms with Crippen molar-refractivity contribution >= 4 is 28.5 Å². The molecular formula is C13H15N7O. The quantitative estimate of drug-likeness (QED) is 0.415. The van der Waals surface area contributed by atoms with Gasteiger partial charge in [0.2, 0.25) is 5.95 Å². The van der Waals surface area contributed by atoms with Gasteiger partial charge in [-0.3, -0.25) is 10.5 Å². The minimum Gasteiger partial charge on any atom is -0.380 e. The van der Waals surface area contributed by atoms with Crippen LogP contribution in [0.5, 0.6) is 0 Å². The molecule has 108 valence electrons. The lowest BCUT2D eigenvalue weighted by Gasteiger charge is -2.12. The number of nitrogens with one attached hydrogen (secondary N) is 3. The average molecular weight is 285 g/mol. The minimum absolute atomic E-state index is 0.304. The molecule has 0 aliphatic heterocycles. The molecule has 0 saturated carbocycles. The topological polar surface area (TPSA) is 114 Å². The van der Waals surface area contributed by atoms with Crippen LogP contribution in [0.3, 0.4) is 0 Å². The number of para-hydroxylation sites is 1. The van der Waals surface area contributed by atoms with Gasteiger partial charge in [0.1, 0.15) is 5.82 Å². The Bertz CT molecular complexity index is 755. The molecule has 5 N–H and O–H groups in total. The molecule has 8 nitrogen and oxygen atoms in total. The van der Waals surface area contributed by atoms with E-state index in [1.807, 2.05) is 24.3 Å². The highest BCUT2D eigenvalue weighted by molar-refractivity contribution is 5.89. The molecule has 0 saturated heterocycles. The van der Waals surface area contributed by atoms with Gasteiger partial charge >= 0.3 is 0 Å². The van der Waals surface area contributed by atoms with Crippen molar-refractivity contribution in [2.45, 2.75) is 6.61 Å². The monoisotopic (exact) mass is 285 g/mol. The van der Waals surface area contributed by atoms with E-state index in [2.05, 4.69) is 30.9 Å². The molecule has 0 radical (unpaired) electrons. The lowest BCUT2D eigenvalue weighted by molar-refractivity contribution is 0.185. The maximum absolute atomic E-state index is 5.39. The average Bonchev–Trinajstić information content (AvgIpc) is 2.98. The molecule has 2 heterocycles. The first-order chi connectivity index (χ1) is 10.3. The molecule has 0 amide bonds. The molecule has 0 aliphatic carbocycles. The van der Waals surface area contributed by atoms with E-state index in [0.29, 0.717) is 24.0 Å². The summed E-state index contributed by atoms with van der Waals surface area (Å²) in [7, 11) is 1.66. The summed E-state index contributed by atoms with van der Waals surface area (Å²) in [6.07, 6.45) is 1.66. The fourth-order valence-corrected chi connectivity index (χ4v) is 2.05. The maximum Gasteiger partial charge on any atom is 0.241 e. The van der Waals surface area contributed by atoms with Gasteiger partial charge in [0.25, 0.3) is 0 Å². The number of methoxy groups -OCH3 is 1. The number of nitrogens with zero attached hydrogens (tertiary/aromatic N) is 3. The highest BCUT2D eigenvalue weighted by Crippen LogP contribution is 2.25. The van der Waals surface area contributed by atoms with Crippen LogP contribution in [0.2, 0.25) is 0 Å². The maximum atomic E-state index is 5.39. The van der Waals surface area contributed by atoms with Crippen LogP contribution in [0, 0.1) is 0 Å². The molecule has 21 heavy (non-hydrogen) atoms. The smallest absolute Gasteiger partial charge is 0.241 e. The predicted octanol–water partition coefficient (Wildman–Crippen LogP) is 1.53. The van der Waals surface area contributed by atoms with Gasteiger partial charge in [-0.05, 0) is 6.07 Å². The summed E-state index contributed by atoms with van der Waals surface area (Å²) < 4.78 is 5.20. The second-order valence-electron chi connectivity index (χ2n) is 4.39. The third kappa shape index (κ3) is 2.62. The summed E-state index contributed by atoms with van der Waals surface area (Å²) in [4.78, 5) is 8.51. The van der Waals surface area contributed by atoms with Crippen LogP contribution in [0.15, 0.2) is 30.5 Å². The number of hydrogen-bond donors (Lipinski definition) is 4. The van der Waals surface area contributed by atoms with E-state index in [9.17, 15) is 0 Å². The number of ether oxygens (including phenoxy) is 1. The Morgan fingerprint density at radius 2 is 2.14 bits per heavy atom. The zero-order valence-electron chi connectivity index (χ0n) is 11.4. The number of rotatable bonds is 5. The zero-order chi connectivity index (χ0) is 14.7. The Balaban J connectivity index is 2.03. The van der Waals surface area contributed by atoms with Crippen LogP contribution in [-0.2, 0) is 11.3 Å². The Kier molecular flexibility index (Phi) is 3.63. The molecule has 2 aromatic heterocycles. The summed E-state index contributed by atoms with van der Waals surface area (Å²) in [5.41, 5.74) is 4.97. The van der Waals surface area contributed by atoms with Crippen molar-refractivity contribution in [3.8, 4) is 0 Å². The van der Waals surface area contributed by atoms with E-state index in [1.165, 1.54) is 0 Å². The molecule has 3 aromatic rings. The van der Waals surface area contributed by atoms with Crippen LogP contribution < -0.4 is 16.6 Å². The van der Waals surface area contributed by atoms with Crippen molar-refractivity contribution in [1.82, 2.24) is 20.2 Å². The third-order valence-corrected chi connectivity index (χ3v) is 3.01. The van der Waals surface area contributed by atoms with Gasteiger partial charge in [-0.15, -0.1) is 0 Å². The SMILES string of the molecule is COCc1ccccc1Nc1nc(NN)nc2[nH]ncc12. The lowest BCUT2D eigenvalue weighted by Crippen LogP contribution is -2.11. The summed E-state index contributed by atoms with van der Waals surface area (Å²) in [5.74, 6) is 6.31. The molecule has 0 spiro atoms. The third-order valence-electron chi connectivity index (χ3n) is 3.01. The number of benzene rings is 1. The Morgan fingerprint density at radius 1 is 1.29 bits per heavy atom. The number of H-pyrrole nitrogens is 1. The van der Waals surface area contributed by atoms with Crippen molar-refractivity contribution in [3.05, 3.63) is 36.0 Å². The second kappa shape index (κ2) is 5.73. The number of hydrazine groups is 1. The number of hydrogen-bond acceptors (Lipinski definition) is 7. The van der Waals surface area contributed by atoms with Crippen LogP contribution in [0.4, 0.5) is 17.5 Å². The van der Waals surface area contributed by atoms with Crippen molar-refractivity contribution in [1.29, 1.82) is 0 Å². The normalized spacial score (nSPS) is 10.8. The van der Waals surface area contributed by atoms with Crippen molar-refractivity contribution in [2.24, 2.45) is 5.84 Å². The Hall–Kier alpha value is -2.71. The molecule has 3 rings (SSSR count). The summed E-state index contributed by atoms with van der Waals surface area (Å²) >= 11 is 0. The standard InChI is InChI=1S/C13H15N7O/c1-21-7-8-4-2-3-5-10(8)16-11-9-6-15-20-12(9)18-13(17-11)19-14/h2-6H,7,14H2,1H3,(H3,15,16,17,18,19,20). The van der Waals surface area contributed by atoms with Crippen LogP contribution in [0.25, 0.3) is 11.0 Å². The van der Waals surface area contributed by atoms with Crippen LogP contribution in [-0.4, -0.2) is 27.3 Å². The van der Waals surface area contributed by atoms with Crippen molar-refractivity contribution in [3.63, 3.8) is 0 Å². The van der Waals surface area contributed by atoms with Gasteiger partial charge < -0.3 is 10.1 Å². The fraction of sp³-hybridized carbons (Fsp3) is 0.154. The molecular weight excluding hydrogens is 270 g/mol. The van der Waals surface area contributed by atoms with Gasteiger partial charge in [-0.1, -0.05) is 18.2 Å². The van der Waals surface area contributed by atoms with E-state index in [1.54, 1.807) is 13.3 Å². The second-order valence-corrected chi connectivity index (χ2v) is 4.39. The van der Waals surface area contributed by atoms with Gasteiger partial charge in [0.05, 0.1) is 18.2 Å². The van der Waals surface area contributed by atoms with Crippen molar-refractivity contribution < 1.29 is 4.74 Å². The van der Waals surface area contributed by atoms with Gasteiger partial charge in [0, 0.05) is 18.4 Å². The molecule has 1 aromatic carbocycles. The van der Waals surface area contributed by atoms with E-state index in [0.717, 1.165) is 16.6 Å². The predicted molar refractivity (Wildman–Crippen MR) is 79.9 cm³/mol. The van der Waals surface area contributed by atoms with Crippen LogP contribution >= 0.6 is 0 Å². The molecule has 8 heteroatoms. The van der Waals surface area contributed by atoms with Gasteiger partial charge in [-0.25, -0.2) is 5.84 Å².